The van der Waals surface area contributed by atoms with Crippen molar-refractivity contribution in [2.45, 2.75) is 20.4 Å². The van der Waals surface area contributed by atoms with Crippen molar-refractivity contribution in [2.75, 3.05) is 0 Å². The maximum absolute atomic E-state index is 2.28. The smallest absolute Gasteiger partial charge is 0.198 e. The molecule has 0 spiro atoms. The van der Waals surface area contributed by atoms with E-state index in [-0.39, 0.29) is 0 Å². The van der Waals surface area contributed by atoms with Crippen LogP contribution < -0.4 is 4.57 Å². The van der Waals surface area contributed by atoms with Gasteiger partial charge in [0.25, 0.3) is 0 Å². The fourth-order valence-corrected chi connectivity index (χ4v) is 1.80. The molecule has 0 amide bonds. The first-order valence-corrected chi connectivity index (χ1v) is 4.70. The van der Waals surface area contributed by atoms with Crippen LogP contribution in [-0.2, 0) is 6.54 Å². The van der Waals surface area contributed by atoms with Crippen molar-refractivity contribution < 1.29 is 4.57 Å². The van der Waals surface area contributed by atoms with E-state index in [2.05, 4.69) is 54.9 Å². The molecule has 1 heteroatoms. The summed E-state index contributed by atoms with van der Waals surface area (Å²) in [6.45, 7) is 5.36. The molecule has 0 aliphatic rings. The van der Waals surface area contributed by atoms with Gasteiger partial charge in [0.2, 0.25) is 5.52 Å². The molecule has 0 saturated heterocycles. The Balaban J connectivity index is 2.87. The van der Waals surface area contributed by atoms with Gasteiger partial charge in [-0.15, -0.1) is 0 Å². The maximum atomic E-state index is 2.28. The summed E-state index contributed by atoms with van der Waals surface area (Å²) in [4.78, 5) is 0. The number of pyridine rings is 1. The number of rotatable bonds is 1. The SMILES string of the molecule is CC[n+]1cccc2cccc(C)c21. The Morgan fingerprint density at radius 3 is 2.69 bits per heavy atom. The maximum Gasteiger partial charge on any atom is 0.215 e. The van der Waals surface area contributed by atoms with Crippen LogP contribution in [-0.4, -0.2) is 0 Å². The zero-order valence-corrected chi connectivity index (χ0v) is 8.12. The third-order valence-electron chi connectivity index (χ3n) is 2.44. The van der Waals surface area contributed by atoms with Crippen molar-refractivity contribution in [1.29, 1.82) is 0 Å². The van der Waals surface area contributed by atoms with E-state index in [0.29, 0.717) is 0 Å². The van der Waals surface area contributed by atoms with Crippen LogP contribution >= 0.6 is 0 Å². The predicted molar refractivity (Wildman–Crippen MR) is 54.6 cm³/mol. The summed E-state index contributed by atoms with van der Waals surface area (Å²) in [7, 11) is 0. The normalized spacial score (nSPS) is 10.6. The minimum Gasteiger partial charge on any atom is -0.198 e. The van der Waals surface area contributed by atoms with Crippen molar-refractivity contribution in [3.05, 3.63) is 42.1 Å². The lowest BCUT2D eigenvalue weighted by atomic mass is 10.1. The Morgan fingerprint density at radius 2 is 1.92 bits per heavy atom. The Morgan fingerprint density at radius 1 is 1.15 bits per heavy atom. The predicted octanol–water partition coefficient (Wildman–Crippen LogP) is 2.46. The molecule has 0 fully saturated rings. The Labute approximate surface area is 78.6 Å². The number of hydrogen-bond donors (Lipinski definition) is 0. The second-order valence-electron chi connectivity index (χ2n) is 3.31. The monoisotopic (exact) mass is 172 g/mol. The zero-order chi connectivity index (χ0) is 9.26. The van der Waals surface area contributed by atoms with E-state index in [1.54, 1.807) is 0 Å². The van der Waals surface area contributed by atoms with Gasteiger partial charge in [0, 0.05) is 17.0 Å². The highest BCUT2D eigenvalue weighted by atomic mass is 14.9. The van der Waals surface area contributed by atoms with E-state index in [1.807, 2.05) is 0 Å². The van der Waals surface area contributed by atoms with E-state index >= 15 is 0 Å². The van der Waals surface area contributed by atoms with Crippen LogP contribution in [0.2, 0.25) is 0 Å². The molecule has 66 valence electrons. The number of benzene rings is 1. The van der Waals surface area contributed by atoms with Crippen LogP contribution in [0.1, 0.15) is 12.5 Å². The van der Waals surface area contributed by atoms with Gasteiger partial charge in [-0.25, -0.2) is 0 Å². The van der Waals surface area contributed by atoms with E-state index in [9.17, 15) is 0 Å². The molecular formula is C12H14N+. The first-order chi connectivity index (χ1) is 6.33. The highest BCUT2D eigenvalue weighted by Gasteiger charge is 2.07. The fourth-order valence-electron chi connectivity index (χ4n) is 1.80. The summed E-state index contributed by atoms with van der Waals surface area (Å²) in [5, 5.41) is 1.32. The molecule has 2 aromatic rings. The molecule has 1 aromatic carbocycles. The minimum absolute atomic E-state index is 1.03. The fraction of sp³-hybridized carbons (Fsp3) is 0.250. The Hall–Kier alpha value is -1.37. The second-order valence-corrected chi connectivity index (χ2v) is 3.31. The summed E-state index contributed by atoms with van der Waals surface area (Å²) in [5.74, 6) is 0. The first kappa shape index (κ1) is 8.24. The van der Waals surface area contributed by atoms with Crippen molar-refractivity contribution in [3.8, 4) is 0 Å². The molecule has 0 atom stereocenters. The van der Waals surface area contributed by atoms with Gasteiger partial charge in [-0.05, 0) is 26.0 Å². The summed E-state index contributed by atoms with van der Waals surface area (Å²) < 4.78 is 2.28. The Bertz CT molecular complexity index is 427. The molecule has 2 rings (SSSR count). The van der Waals surface area contributed by atoms with Gasteiger partial charge in [0.15, 0.2) is 6.20 Å². The summed E-state index contributed by atoms with van der Waals surface area (Å²) >= 11 is 0. The van der Waals surface area contributed by atoms with Gasteiger partial charge >= 0.3 is 0 Å². The molecule has 13 heavy (non-hydrogen) atoms. The van der Waals surface area contributed by atoms with Gasteiger partial charge < -0.3 is 0 Å². The van der Waals surface area contributed by atoms with Gasteiger partial charge in [-0.3, -0.25) is 0 Å². The van der Waals surface area contributed by atoms with Crippen molar-refractivity contribution in [2.24, 2.45) is 0 Å². The van der Waals surface area contributed by atoms with Gasteiger partial charge in [-0.1, -0.05) is 12.1 Å². The van der Waals surface area contributed by atoms with Crippen molar-refractivity contribution in [1.82, 2.24) is 0 Å². The van der Waals surface area contributed by atoms with Crippen LogP contribution in [0, 0.1) is 6.92 Å². The highest BCUT2D eigenvalue weighted by molar-refractivity contribution is 5.78. The van der Waals surface area contributed by atoms with Crippen LogP contribution in [0.5, 0.6) is 0 Å². The summed E-state index contributed by atoms with van der Waals surface area (Å²) in [5.41, 5.74) is 2.70. The molecule has 1 aromatic heterocycles. The first-order valence-electron chi connectivity index (χ1n) is 4.70. The molecule has 0 aliphatic heterocycles. The number of aromatic nitrogens is 1. The highest BCUT2D eigenvalue weighted by Crippen LogP contribution is 2.13. The molecule has 0 N–H and O–H groups in total. The van der Waals surface area contributed by atoms with Gasteiger partial charge in [0.1, 0.15) is 6.54 Å². The van der Waals surface area contributed by atoms with Crippen LogP contribution in [0.4, 0.5) is 0 Å². The van der Waals surface area contributed by atoms with Crippen molar-refractivity contribution in [3.63, 3.8) is 0 Å². The summed E-state index contributed by atoms with van der Waals surface area (Å²) in [6.07, 6.45) is 2.13. The van der Waals surface area contributed by atoms with E-state index < -0.39 is 0 Å². The van der Waals surface area contributed by atoms with Crippen LogP contribution in [0.15, 0.2) is 36.5 Å². The van der Waals surface area contributed by atoms with Crippen LogP contribution in [0.25, 0.3) is 10.9 Å². The second kappa shape index (κ2) is 3.17. The Kier molecular flexibility index (Phi) is 2.01. The molecule has 0 radical (unpaired) electrons. The molecule has 0 saturated carbocycles. The number of para-hydroxylation sites is 1. The molecular weight excluding hydrogens is 158 g/mol. The topological polar surface area (TPSA) is 3.88 Å². The average molecular weight is 172 g/mol. The quantitative estimate of drug-likeness (QED) is 0.582. The number of nitrogens with zero attached hydrogens (tertiary/aromatic N) is 1. The number of hydrogen-bond acceptors (Lipinski definition) is 0. The largest absolute Gasteiger partial charge is 0.215 e. The lowest BCUT2D eigenvalue weighted by Gasteiger charge is -2.00. The number of aryl methyl sites for hydroxylation is 2. The number of fused-ring (bicyclic) bond motifs is 1. The molecule has 0 bridgehead atoms. The van der Waals surface area contributed by atoms with E-state index in [1.165, 1.54) is 16.5 Å². The third-order valence-corrected chi connectivity index (χ3v) is 2.44. The molecule has 0 aliphatic carbocycles. The van der Waals surface area contributed by atoms with E-state index in [0.717, 1.165) is 6.54 Å². The molecule has 1 nitrogen and oxygen atoms in total. The average Bonchev–Trinajstić information content (AvgIpc) is 2.17. The lowest BCUT2D eigenvalue weighted by Crippen LogP contribution is -2.32. The summed E-state index contributed by atoms with van der Waals surface area (Å²) in [6, 6.07) is 10.7. The van der Waals surface area contributed by atoms with Gasteiger partial charge in [0.05, 0.1) is 0 Å². The zero-order valence-electron chi connectivity index (χ0n) is 8.12. The standard InChI is InChI=1S/C12H14N/c1-3-13-9-5-8-11-7-4-6-10(2)12(11)13/h4-9H,3H2,1-2H3/q+1. The molecule has 0 unspecified atom stereocenters. The molecule has 1 heterocycles. The lowest BCUT2D eigenvalue weighted by molar-refractivity contribution is -0.668. The minimum atomic E-state index is 1.03. The van der Waals surface area contributed by atoms with Gasteiger partial charge in [-0.2, -0.15) is 4.57 Å². The van der Waals surface area contributed by atoms with Crippen molar-refractivity contribution >= 4 is 10.9 Å². The third kappa shape index (κ3) is 1.31. The van der Waals surface area contributed by atoms with Crippen LogP contribution in [0.3, 0.4) is 0 Å². The van der Waals surface area contributed by atoms with E-state index in [4.69, 9.17) is 0 Å².